The molecular formula is C19H15FN4O4. The summed E-state index contributed by atoms with van der Waals surface area (Å²) in [4.78, 5) is 22.0. The quantitative estimate of drug-likeness (QED) is 0.382. The number of aromatic nitrogens is 2. The summed E-state index contributed by atoms with van der Waals surface area (Å²) in [5, 5.41) is 21.2. The molecule has 8 nitrogen and oxygen atoms in total. The second kappa shape index (κ2) is 8.67. The van der Waals surface area contributed by atoms with Crippen molar-refractivity contribution in [1.82, 2.24) is 15.5 Å². The Morgan fingerprint density at radius 3 is 2.36 bits per heavy atom. The van der Waals surface area contributed by atoms with Gasteiger partial charge in [0.1, 0.15) is 12.4 Å². The predicted molar refractivity (Wildman–Crippen MR) is 98.4 cm³/mol. The third-order valence-electron chi connectivity index (χ3n) is 3.76. The molecule has 0 radical (unpaired) electrons. The molecule has 3 rings (SSSR count). The zero-order chi connectivity index (χ0) is 19.9. The molecule has 0 atom stereocenters. The lowest BCUT2D eigenvalue weighted by atomic mass is 10.1. The Kier molecular flexibility index (Phi) is 5.85. The minimum Gasteiger partial charge on any atom is -0.475 e. The van der Waals surface area contributed by atoms with E-state index in [1.165, 1.54) is 36.4 Å². The largest absolute Gasteiger partial charge is 0.475 e. The van der Waals surface area contributed by atoms with Crippen LogP contribution in [0, 0.1) is 15.9 Å². The van der Waals surface area contributed by atoms with Crippen molar-refractivity contribution in [3.8, 4) is 17.1 Å². The van der Waals surface area contributed by atoms with E-state index in [9.17, 15) is 19.3 Å². The molecule has 1 amide bonds. The highest BCUT2D eigenvalue weighted by Gasteiger charge is 2.09. The van der Waals surface area contributed by atoms with Gasteiger partial charge in [0.05, 0.1) is 17.2 Å². The first-order chi connectivity index (χ1) is 13.5. The fourth-order valence-electron chi connectivity index (χ4n) is 2.33. The number of carbonyl (C=O) groups excluding carboxylic acids is 1. The Hall–Kier alpha value is -3.88. The molecule has 9 heteroatoms. The monoisotopic (exact) mass is 382 g/mol. The van der Waals surface area contributed by atoms with Crippen LogP contribution in [0.25, 0.3) is 11.3 Å². The third kappa shape index (κ3) is 4.85. The van der Waals surface area contributed by atoms with Gasteiger partial charge in [0.2, 0.25) is 5.88 Å². The molecule has 0 aliphatic heterocycles. The van der Waals surface area contributed by atoms with E-state index in [4.69, 9.17) is 4.74 Å². The molecule has 0 saturated heterocycles. The number of non-ortho nitro benzene ring substituents is 1. The number of nitro benzene ring substituents is 1. The molecule has 0 spiro atoms. The van der Waals surface area contributed by atoms with Crippen LogP contribution >= 0.6 is 0 Å². The molecule has 1 heterocycles. The van der Waals surface area contributed by atoms with Crippen LogP contribution in [0.2, 0.25) is 0 Å². The summed E-state index contributed by atoms with van der Waals surface area (Å²) in [7, 11) is 0. The predicted octanol–water partition coefficient (Wildman–Crippen LogP) is 3.00. The normalized spacial score (nSPS) is 10.3. The number of amides is 1. The number of nitro groups is 1. The topological polar surface area (TPSA) is 107 Å². The highest BCUT2D eigenvalue weighted by molar-refractivity contribution is 5.94. The van der Waals surface area contributed by atoms with E-state index < -0.39 is 4.92 Å². The van der Waals surface area contributed by atoms with E-state index in [1.807, 2.05) is 0 Å². The number of ether oxygens (including phenoxy) is 1. The van der Waals surface area contributed by atoms with Crippen LogP contribution in [-0.2, 0) is 0 Å². The van der Waals surface area contributed by atoms with Crippen molar-refractivity contribution >= 4 is 11.6 Å². The van der Waals surface area contributed by atoms with Crippen molar-refractivity contribution in [2.75, 3.05) is 13.2 Å². The summed E-state index contributed by atoms with van der Waals surface area (Å²) >= 11 is 0. The van der Waals surface area contributed by atoms with Gasteiger partial charge in [-0.05, 0) is 42.5 Å². The first kappa shape index (κ1) is 18.9. The molecule has 3 aromatic rings. The first-order valence-corrected chi connectivity index (χ1v) is 8.28. The van der Waals surface area contributed by atoms with Crippen LogP contribution < -0.4 is 10.1 Å². The fraction of sp³-hybridized carbons (Fsp3) is 0.105. The number of hydrogen-bond acceptors (Lipinski definition) is 6. The van der Waals surface area contributed by atoms with Crippen molar-refractivity contribution in [1.29, 1.82) is 0 Å². The fourth-order valence-corrected chi connectivity index (χ4v) is 2.33. The van der Waals surface area contributed by atoms with Gasteiger partial charge in [0, 0.05) is 29.3 Å². The second-order valence-electron chi connectivity index (χ2n) is 5.67. The Bertz CT molecular complexity index is 961. The zero-order valence-electron chi connectivity index (χ0n) is 14.5. The van der Waals surface area contributed by atoms with E-state index in [2.05, 4.69) is 15.5 Å². The lowest BCUT2D eigenvalue weighted by Gasteiger charge is -2.07. The first-order valence-electron chi connectivity index (χ1n) is 8.28. The smallest absolute Gasteiger partial charge is 0.269 e. The van der Waals surface area contributed by atoms with Crippen LogP contribution in [0.5, 0.6) is 5.88 Å². The standard InChI is InChI=1S/C19H15FN4O4/c20-15-5-1-13(2-6-15)17-9-10-18(23-22-17)28-12-11-21-19(25)14-3-7-16(8-4-14)24(26)27/h1-10H,11-12H2,(H,21,25). The summed E-state index contributed by atoms with van der Waals surface area (Å²) < 4.78 is 18.4. The maximum absolute atomic E-state index is 12.9. The van der Waals surface area contributed by atoms with Crippen molar-refractivity contribution in [3.63, 3.8) is 0 Å². The highest BCUT2D eigenvalue weighted by Crippen LogP contribution is 2.18. The molecule has 0 fully saturated rings. The van der Waals surface area contributed by atoms with E-state index in [-0.39, 0.29) is 36.4 Å². The molecule has 28 heavy (non-hydrogen) atoms. The van der Waals surface area contributed by atoms with Gasteiger partial charge < -0.3 is 10.1 Å². The van der Waals surface area contributed by atoms with Crippen molar-refractivity contribution in [2.45, 2.75) is 0 Å². The highest BCUT2D eigenvalue weighted by atomic mass is 19.1. The summed E-state index contributed by atoms with van der Waals surface area (Å²) in [6, 6.07) is 14.5. The number of halogens is 1. The minimum absolute atomic E-state index is 0.0810. The van der Waals surface area contributed by atoms with Gasteiger partial charge in [-0.2, -0.15) is 0 Å². The van der Waals surface area contributed by atoms with Crippen LogP contribution in [0.1, 0.15) is 10.4 Å². The van der Waals surface area contributed by atoms with Crippen LogP contribution in [0.3, 0.4) is 0 Å². The maximum atomic E-state index is 12.9. The molecule has 0 aliphatic carbocycles. The van der Waals surface area contributed by atoms with Gasteiger partial charge in [0.25, 0.3) is 11.6 Å². The average Bonchev–Trinajstić information content (AvgIpc) is 2.72. The Morgan fingerprint density at radius 2 is 1.75 bits per heavy atom. The van der Waals surface area contributed by atoms with Gasteiger partial charge in [-0.1, -0.05) is 0 Å². The molecule has 1 N–H and O–H groups in total. The summed E-state index contributed by atoms with van der Waals surface area (Å²) in [6.45, 7) is 0.389. The number of carbonyl (C=O) groups is 1. The Labute approximate surface area is 159 Å². The molecule has 0 unspecified atom stereocenters. The molecule has 0 aliphatic rings. The Balaban J connectivity index is 1.46. The van der Waals surface area contributed by atoms with E-state index in [1.54, 1.807) is 24.3 Å². The van der Waals surface area contributed by atoms with Gasteiger partial charge in [-0.15, -0.1) is 10.2 Å². The number of rotatable bonds is 7. The SMILES string of the molecule is O=C(NCCOc1ccc(-c2ccc(F)cc2)nn1)c1ccc([N+](=O)[O-])cc1. The number of nitrogens with one attached hydrogen (secondary N) is 1. The average molecular weight is 382 g/mol. The Morgan fingerprint density at radius 1 is 1.04 bits per heavy atom. The van der Waals surface area contributed by atoms with E-state index >= 15 is 0 Å². The van der Waals surface area contributed by atoms with Crippen LogP contribution in [0.4, 0.5) is 10.1 Å². The second-order valence-corrected chi connectivity index (χ2v) is 5.67. The maximum Gasteiger partial charge on any atom is 0.269 e. The molecule has 1 aromatic heterocycles. The van der Waals surface area contributed by atoms with E-state index in [0.717, 1.165) is 5.56 Å². The minimum atomic E-state index is -0.530. The number of hydrogen-bond donors (Lipinski definition) is 1. The van der Waals surface area contributed by atoms with Crippen molar-refractivity contribution < 1.29 is 18.8 Å². The molecular weight excluding hydrogens is 367 g/mol. The van der Waals surface area contributed by atoms with Crippen molar-refractivity contribution in [3.05, 3.63) is 82.2 Å². The van der Waals surface area contributed by atoms with Gasteiger partial charge >= 0.3 is 0 Å². The summed E-state index contributed by atoms with van der Waals surface area (Å²) in [6.07, 6.45) is 0. The molecule has 0 saturated carbocycles. The van der Waals surface area contributed by atoms with Crippen LogP contribution in [-0.4, -0.2) is 34.2 Å². The molecule has 0 bridgehead atoms. The van der Waals surface area contributed by atoms with E-state index in [0.29, 0.717) is 11.3 Å². The number of benzene rings is 2. The van der Waals surface area contributed by atoms with Gasteiger partial charge in [-0.3, -0.25) is 14.9 Å². The summed E-state index contributed by atoms with van der Waals surface area (Å²) in [5.41, 5.74) is 1.55. The van der Waals surface area contributed by atoms with Gasteiger partial charge in [-0.25, -0.2) is 4.39 Å². The third-order valence-corrected chi connectivity index (χ3v) is 3.76. The molecule has 2 aromatic carbocycles. The lowest BCUT2D eigenvalue weighted by molar-refractivity contribution is -0.384. The zero-order valence-corrected chi connectivity index (χ0v) is 14.5. The van der Waals surface area contributed by atoms with Gasteiger partial charge in [0.15, 0.2) is 0 Å². The number of nitrogens with zero attached hydrogens (tertiary/aromatic N) is 3. The molecule has 142 valence electrons. The van der Waals surface area contributed by atoms with Crippen LogP contribution in [0.15, 0.2) is 60.7 Å². The van der Waals surface area contributed by atoms with Crippen molar-refractivity contribution in [2.24, 2.45) is 0 Å². The summed E-state index contributed by atoms with van der Waals surface area (Å²) in [5.74, 6) is -0.404. The lowest BCUT2D eigenvalue weighted by Crippen LogP contribution is -2.28.